The SMILES string of the molecule is CC(C)(C)OC(=O)N1C(=O)C(C)(C)c2ccc(Br)cc21. The summed E-state index contributed by atoms with van der Waals surface area (Å²) in [6, 6.07) is 5.50. The first-order chi connectivity index (χ1) is 9.04. The number of amides is 2. The summed E-state index contributed by atoms with van der Waals surface area (Å²) in [5, 5.41) is 0. The summed E-state index contributed by atoms with van der Waals surface area (Å²) < 4.78 is 6.15. The molecule has 0 fully saturated rings. The zero-order chi connectivity index (χ0) is 15.3. The molecule has 0 aliphatic carbocycles. The van der Waals surface area contributed by atoms with Gasteiger partial charge in [0.05, 0.1) is 11.1 Å². The number of ether oxygens (including phenoxy) is 1. The number of hydrogen-bond donors (Lipinski definition) is 0. The van der Waals surface area contributed by atoms with E-state index < -0.39 is 17.1 Å². The van der Waals surface area contributed by atoms with Crippen LogP contribution in [0.5, 0.6) is 0 Å². The third-order valence-corrected chi connectivity index (χ3v) is 3.68. The number of nitrogens with zero attached hydrogens (tertiary/aromatic N) is 1. The molecule has 1 heterocycles. The molecular formula is C15H18BrNO3. The van der Waals surface area contributed by atoms with Gasteiger partial charge in [0.1, 0.15) is 5.60 Å². The fourth-order valence-electron chi connectivity index (χ4n) is 2.21. The Balaban J connectivity index is 2.49. The minimum absolute atomic E-state index is 0.264. The molecule has 1 aliphatic heterocycles. The van der Waals surface area contributed by atoms with E-state index in [0.717, 1.165) is 14.9 Å². The Labute approximate surface area is 127 Å². The average molecular weight is 340 g/mol. The Bertz CT molecular complexity index is 587. The van der Waals surface area contributed by atoms with Gasteiger partial charge < -0.3 is 4.74 Å². The van der Waals surface area contributed by atoms with Crippen LogP contribution in [0.15, 0.2) is 22.7 Å². The summed E-state index contributed by atoms with van der Waals surface area (Å²) in [5.41, 5.74) is 0.0450. The Kier molecular flexibility index (Phi) is 3.45. The summed E-state index contributed by atoms with van der Waals surface area (Å²) in [4.78, 5) is 26.0. The van der Waals surface area contributed by atoms with Gasteiger partial charge in [-0.15, -0.1) is 0 Å². The first kappa shape index (κ1) is 15.0. The average Bonchev–Trinajstić information content (AvgIpc) is 2.44. The van der Waals surface area contributed by atoms with E-state index in [-0.39, 0.29) is 5.91 Å². The summed E-state index contributed by atoms with van der Waals surface area (Å²) in [6.45, 7) is 8.95. The van der Waals surface area contributed by atoms with E-state index in [1.165, 1.54) is 0 Å². The lowest BCUT2D eigenvalue weighted by atomic mass is 9.86. The van der Waals surface area contributed by atoms with Crippen LogP contribution in [0.1, 0.15) is 40.2 Å². The number of imide groups is 1. The molecule has 0 aromatic heterocycles. The molecule has 0 saturated heterocycles. The maximum atomic E-state index is 12.5. The van der Waals surface area contributed by atoms with Crippen LogP contribution in [0, 0.1) is 0 Å². The largest absolute Gasteiger partial charge is 0.443 e. The zero-order valence-corrected chi connectivity index (χ0v) is 13.9. The second-order valence-corrected chi connectivity index (χ2v) is 7.32. The van der Waals surface area contributed by atoms with Gasteiger partial charge in [-0.3, -0.25) is 4.79 Å². The van der Waals surface area contributed by atoms with Crippen LogP contribution < -0.4 is 4.90 Å². The Hall–Kier alpha value is -1.36. The molecule has 20 heavy (non-hydrogen) atoms. The quantitative estimate of drug-likeness (QED) is 0.717. The van der Waals surface area contributed by atoms with Crippen molar-refractivity contribution >= 4 is 33.6 Å². The number of hydrogen-bond acceptors (Lipinski definition) is 3. The highest BCUT2D eigenvalue weighted by Gasteiger charge is 2.47. The number of fused-ring (bicyclic) bond motifs is 1. The first-order valence-electron chi connectivity index (χ1n) is 6.41. The van der Waals surface area contributed by atoms with E-state index in [2.05, 4.69) is 15.9 Å². The molecule has 108 valence electrons. The molecule has 0 spiro atoms. The van der Waals surface area contributed by atoms with Crippen LogP contribution in [0.4, 0.5) is 10.5 Å². The maximum Gasteiger partial charge on any atom is 0.421 e. The second-order valence-electron chi connectivity index (χ2n) is 6.41. The summed E-state index contributed by atoms with van der Waals surface area (Å²) in [7, 11) is 0. The number of carbonyl (C=O) groups is 2. The number of rotatable bonds is 0. The van der Waals surface area contributed by atoms with Gasteiger partial charge in [0.15, 0.2) is 0 Å². The van der Waals surface area contributed by atoms with Crippen molar-refractivity contribution in [3.63, 3.8) is 0 Å². The van der Waals surface area contributed by atoms with Gasteiger partial charge in [-0.1, -0.05) is 22.0 Å². The molecule has 0 N–H and O–H groups in total. The maximum absolute atomic E-state index is 12.5. The summed E-state index contributed by atoms with van der Waals surface area (Å²) >= 11 is 3.37. The zero-order valence-electron chi connectivity index (χ0n) is 12.3. The molecule has 4 nitrogen and oxygen atoms in total. The van der Waals surface area contributed by atoms with Gasteiger partial charge in [0.25, 0.3) is 0 Å². The van der Waals surface area contributed by atoms with E-state index in [1.807, 2.05) is 26.0 Å². The Morgan fingerprint density at radius 1 is 1.30 bits per heavy atom. The first-order valence-corrected chi connectivity index (χ1v) is 7.21. The number of benzene rings is 1. The molecule has 2 amide bonds. The van der Waals surface area contributed by atoms with Gasteiger partial charge in [0, 0.05) is 4.47 Å². The molecule has 0 unspecified atom stereocenters. The Morgan fingerprint density at radius 3 is 2.45 bits per heavy atom. The molecule has 0 saturated carbocycles. The van der Waals surface area contributed by atoms with Crippen molar-refractivity contribution in [3.05, 3.63) is 28.2 Å². The topological polar surface area (TPSA) is 46.6 Å². The molecule has 1 aromatic carbocycles. The molecule has 0 atom stereocenters. The summed E-state index contributed by atoms with van der Waals surface area (Å²) in [6.07, 6.45) is -0.632. The lowest BCUT2D eigenvalue weighted by Crippen LogP contribution is -2.43. The summed E-state index contributed by atoms with van der Waals surface area (Å²) in [5.74, 6) is -0.264. The fraction of sp³-hybridized carbons (Fsp3) is 0.467. The Morgan fingerprint density at radius 2 is 1.90 bits per heavy atom. The predicted octanol–water partition coefficient (Wildman–Crippen LogP) is 4.01. The van der Waals surface area contributed by atoms with Gasteiger partial charge >= 0.3 is 6.09 Å². The molecule has 1 aromatic rings. The van der Waals surface area contributed by atoms with Crippen molar-refractivity contribution in [1.82, 2.24) is 0 Å². The molecule has 1 aliphatic rings. The molecule has 5 heteroatoms. The van der Waals surface area contributed by atoms with Crippen molar-refractivity contribution in [1.29, 1.82) is 0 Å². The molecule has 2 rings (SSSR count). The lowest BCUT2D eigenvalue weighted by Gasteiger charge is -2.24. The van der Waals surface area contributed by atoms with Gasteiger partial charge in [-0.05, 0) is 52.3 Å². The number of halogens is 1. The van der Waals surface area contributed by atoms with E-state index >= 15 is 0 Å². The molecule has 0 radical (unpaired) electrons. The minimum atomic E-state index is -0.729. The third-order valence-electron chi connectivity index (χ3n) is 3.19. The fourth-order valence-corrected chi connectivity index (χ4v) is 2.56. The van der Waals surface area contributed by atoms with E-state index in [1.54, 1.807) is 26.8 Å². The van der Waals surface area contributed by atoms with E-state index in [4.69, 9.17) is 4.74 Å². The number of carbonyl (C=O) groups excluding carboxylic acids is 2. The minimum Gasteiger partial charge on any atom is -0.443 e. The van der Waals surface area contributed by atoms with E-state index in [9.17, 15) is 9.59 Å². The van der Waals surface area contributed by atoms with Crippen LogP contribution in [0.3, 0.4) is 0 Å². The number of anilines is 1. The predicted molar refractivity (Wildman–Crippen MR) is 80.9 cm³/mol. The van der Waals surface area contributed by atoms with Gasteiger partial charge in [0.2, 0.25) is 5.91 Å². The standard InChI is InChI=1S/C15H18BrNO3/c1-14(2,3)20-13(19)17-11-8-9(16)6-7-10(11)15(4,5)12(17)18/h6-8H,1-5H3. The second kappa shape index (κ2) is 4.58. The van der Waals surface area contributed by atoms with Crippen LogP contribution in [-0.4, -0.2) is 17.6 Å². The third kappa shape index (κ3) is 2.46. The van der Waals surface area contributed by atoms with Gasteiger partial charge in [-0.25, -0.2) is 9.69 Å². The molecular weight excluding hydrogens is 322 g/mol. The van der Waals surface area contributed by atoms with Crippen molar-refractivity contribution in [3.8, 4) is 0 Å². The van der Waals surface area contributed by atoms with Crippen LogP contribution >= 0.6 is 15.9 Å². The highest BCUT2D eigenvalue weighted by molar-refractivity contribution is 9.10. The van der Waals surface area contributed by atoms with Crippen molar-refractivity contribution < 1.29 is 14.3 Å². The van der Waals surface area contributed by atoms with Crippen molar-refractivity contribution in [2.45, 2.75) is 45.6 Å². The highest BCUT2D eigenvalue weighted by atomic mass is 79.9. The monoisotopic (exact) mass is 339 g/mol. The van der Waals surface area contributed by atoms with Crippen molar-refractivity contribution in [2.75, 3.05) is 4.90 Å². The van der Waals surface area contributed by atoms with Crippen LogP contribution in [0.2, 0.25) is 0 Å². The normalized spacial score (nSPS) is 17.1. The van der Waals surface area contributed by atoms with Gasteiger partial charge in [-0.2, -0.15) is 0 Å². The molecule has 0 bridgehead atoms. The van der Waals surface area contributed by atoms with Crippen LogP contribution in [0.25, 0.3) is 0 Å². The van der Waals surface area contributed by atoms with Crippen molar-refractivity contribution in [2.24, 2.45) is 0 Å². The van der Waals surface area contributed by atoms with E-state index in [0.29, 0.717) is 5.69 Å². The highest BCUT2D eigenvalue weighted by Crippen LogP contribution is 2.43. The lowest BCUT2D eigenvalue weighted by molar-refractivity contribution is -0.121. The smallest absolute Gasteiger partial charge is 0.421 e. The van der Waals surface area contributed by atoms with Crippen LogP contribution in [-0.2, 0) is 14.9 Å².